The zero-order valence-electron chi connectivity index (χ0n) is 24.1. The Bertz CT molecular complexity index is 1400. The molecule has 1 N–H and O–H groups in total. The molecule has 42 heavy (non-hydrogen) atoms. The van der Waals surface area contributed by atoms with E-state index in [9.17, 15) is 19.5 Å². The lowest BCUT2D eigenvalue weighted by molar-refractivity contribution is -0.155. The number of para-hydroxylation sites is 1. The van der Waals surface area contributed by atoms with E-state index in [1.807, 2.05) is 86.7 Å². The number of carbonyl (C=O) groups is 3. The zero-order valence-corrected chi connectivity index (χ0v) is 24.1. The van der Waals surface area contributed by atoms with E-state index in [0.29, 0.717) is 13.0 Å². The van der Waals surface area contributed by atoms with Crippen molar-refractivity contribution >= 4 is 23.5 Å². The van der Waals surface area contributed by atoms with Crippen LogP contribution in [0.1, 0.15) is 36.0 Å². The van der Waals surface area contributed by atoms with Gasteiger partial charge < -0.3 is 24.4 Å². The number of aliphatic hydroxyl groups is 1. The molecule has 0 aromatic heterocycles. The van der Waals surface area contributed by atoms with Crippen LogP contribution >= 0.6 is 0 Å². The Morgan fingerprint density at radius 1 is 0.976 bits per heavy atom. The molecule has 4 aliphatic rings. The first-order valence-corrected chi connectivity index (χ1v) is 14.9. The van der Waals surface area contributed by atoms with Crippen molar-refractivity contribution in [3.05, 3.63) is 89.5 Å². The number of anilines is 1. The number of benzene rings is 2. The van der Waals surface area contributed by atoms with Gasteiger partial charge in [0.1, 0.15) is 17.6 Å². The van der Waals surface area contributed by atoms with Gasteiger partial charge in [-0.2, -0.15) is 0 Å². The Hall–Kier alpha value is -3.75. The number of allylic oxidation sites excluding steroid dienone is 1. The van der Waals surface area contributed by atoms with Crippen LogP contribution in [0.3, 0.4) is 0 Å². The third-order valence-electron chi connectivity index (χ3n) is 9.17. The van der Waals surface area contributed by atoms with Crippen LogP contribution in [0.2, 0.25) is 0 Å². The van der Waals surface area contributed by atoms with Gasteiger partial charge >= 0.3 is 5.97 Å². The number of aliphatic hydroxyl groups excluding tert-OH is 1. The van der Waals surface area contributed by atoms with Gasteiger partial charge in [-0.1, -0.05) is 72.8 Å². The highest BCUT2D eigenvalue weighted by Gasteiger charge is 2.72. The van der Waals surface area contributed by atoms with E-state index in [1.54, 1.807) is 4.90 Å². The molecule has 4 aliphatic heterocycles. The maximum Gasteiger partial charge on any atom is 0.312 e. The van der Waals surface area contributed by atoms with Crippen LogP contribution in [0.4, 0.5) is 5.69 Å². The van der Waals surface area contributed by atoms with Crippen molar-refractivity contribution in [1.82, 2.24) is 4.90 Å². The normalized spacial score (nSPS) is 30.7. The number of esters is 1. The fourth-order valence-corrected chi connectivity index (χ4v) is 7.32. The number of hydrogen-bond donors (Lipinski definition) is 1. The largest absolute Gasteiger partial charge is 0.465 e. The number of ether oxygens (including phenoxy) is 2. The minimum Gasteiger partial charge on any atom is -0.465 e. The summed E-state index contributed by atoms with van der Waals surface area (Å²) in [6.45, 7) is 4.15. The van der Waals surface area contributed by atoms with Gasteiger partial charge in [0.15, 0.2) is 0 Å². The molecule has 0 aliphatic carbocycles. The molecular formula is C34H38N2O6. The van der Waals surface area contributed by atoms with E-state index >= 15 is 0 Å². The lowest BCUT2D eigenvalue weighted by atomic mass is 9.78. The van der Waals surface area contributed by atoms with Crippen molar-refractivity contribution in [3.8, 4) is 0 Å². The van der Waals surface area contributed by atoms with Gasteiger partial charge in [0.05, 0.1) is 31.3 Å². The summed E-state index contributed by atoms with van der Waals surface area (Å²) in [6.07, 6.45) is 9.64. The molecule has 2 saturated heterocycles. The third-order valence-corrected chi connectivity index (χ3v) is 9.17. The van der Waals surface area contributed by atoms with Crippen molar-refractivity contribution < 1.29 is 29.0 Å². The van der Waals surface area contributed by atoms with Gasteiger partial charge in [-0.25, -0.2) is 0 Å². The van der Waals surface area contributed by atoms with Gasteiger partial charge in [-0.15, -0.1) is 0 Å². The number of rotatable bonds is 5. The average molecular weight is 571 g/mol. The van der Waals surface area contributed by atoms with E-state index in [4.69, 9.17) is 9.47 Å². The molecule has 2 aromatic carbocycles. The van der Waals surface area contributed by atoms with Crippen LogP contribution in [-0.2, 0) is 30.3 Å². The van der Waals surface area contributed by atoms with Crippen LogP contribution in [0, 0.1) is 25.7 Å². The summed E-state index contributed by atoms with van der Waals surface area (Å²) < 4.78 is 12.4. The van der Waals surface area contributed by atoms with Gasteiger partial charge in [0.25, 0.3) is 5.91 Å². The predicted molar refractivity (Wildman–Crippen MR) is 158 cm³/mol. The first-order valence-electron chi connectivity index (χ1n) is 14.9. The Balaban J connectivity index is 1.49. The van der Waals surface area contributed by atoms with Crippen molar-refractivity contribution in [3.63, 3.8) is 0 Å². The number of amides is 2. The molecule has 220 valence electrons. The Labute approximate surface area is 246 Å². The molecule has 4 heterocycles. The quantitative estimate of drug-likeness (QED) is 0.435. The summed E-state index contributed by atoms with van der Waals surface area (Å²) in [5.74, 6) is -3.01. The average Bonchev–Trinajstić information content (AvgIpc) is 3.38. The number of cyclic esters (lactones) is 1. The number of nitrogens with zero attached hydrogens (tertiary/aromatic N) is 2. The number of fused-ring (bicyclic) bond motifs is 2. The molecule has 0 radical (unpaired) electrons. The van der Waals surface area contributed by atoms with Crippen LogP contribution in [0.25, 0.3) is 0 Å². The Morgan fingerprint density at radius 3 is 2.48 bits per heavy atom. The molecule has 0 saturated carbocycles. The molecule has 2 fully saturated rings. The van der Waals surface area contributed by atoms with E-state index < -0.39 is 41.6 Å². The zero-order chi connectivity index (χ0) is 29.4. The van der Waals surface area contributed by atoms with Crippen molar-refractivity contribution in [2.24, 2.45) is 11.8 Å². The van der Waals surface area contributed by atoms with E-state index in [1.165, 1.54) is 4.90 Å². The smallest absolute Gasteiger partial charge is 0.312 e. The maximum atomic E-state index is 14.8. The molecule has 1 spiro atoms. The van der Waals surface area contributed by atoms with E-state index in [2.05, 4.69) is 0 Å². The second-order valence-electron chi connectivity index (χ2n) is 11.8. The fourth-order valence-electron chi connectivity index (χ4n) is 7.32. The number of carbonyl (C=O) groups excluding carboxylic acids is 3. The minimum atomic E-state index is -1.39. The van der Waals surface area contributed by atoms with Gasteiger partial charge in [-0.05, 0) is 56.2 Å². The van der Waals surface area contributed by atoms with Crippen molar-refractivity contribution in [1.29, 1.82) is 0 Å². The van der Waals surface area contributed by atoms with Gasteiger partial charge in [0, 0.05) is 12.2 Å². The van der Waals surface area contributed by atoms with Crippen LogP contribution in [0.15, 0.2) is 72.8 Å². The fraction of sp³-hybridized carbons (Fsp3) is 0.441. The molecule has 6 rings (SSSR count). The summed E-state index contributed by atoms with van der Waals surface area (Å²) in [5, 5.41) is 10.7. The third kappa shape index (κ3) is 4.67. The molecule has 8 nitrogen and oxygen atoms in total. The monoisotopic (exact) mass is 570 g/mol. The van der Waals surface area contributed by atoms with E-state index in [-0.39, 0.29) is 25.0 Å². The number of aryl methyl sites for hydroxylation is 2. The van der Waals surface area contributed by atoms with Gasteiger partial charge in [0.2, 0.25) is 5.91 Å². The van der Waals surface area contributed by atoms with Crippen LogP contribution < -0.4 is 4.90 Å². The SMILES string of the molecule is Cc1cccc(C)c1N1CC=C[C@]23O[C@@H]4/C=C\CCCCOC(=O)[C@@H]4[C@H]2C(=O)N([C@@H](CO)Cc2ccccc2)C3C1=O. The summed E-state index contributed by atoms with van der Waals surface area (Å²) in [5.41, 5.74) is 2.21. The van der Waals surface area contributed by atoms with Crippen molar-refractivity contribution in [2.75, 3.05) is 24.7 Å². The lowest BCUT2D eigenvalue weighted by Crippen LogP contribution is -2.58. The summed E-state index contributed by atoms with van der Waals surface area (Å²) >= 11 is 0. The highest BCUT2D eigenvalue weighted by Crippen LogP contribution is 2.54. The first kappa shape index (κ1) is 28.4. The molecule has 2 amide bonds. The summed E-state index contributed by atoms with van der Waals surface area (Å²) in [7, 11) is 0. The molecule has 2 aromatic rings. The Kier molecular flexibility index (Phi) is 7.77. The highest BCUT2D eigenvalue weighted by molar-refractivity contribution is 6.06. The number of likely N-dealkylation sites (tertiary alicyclic amines) is 1. The second-order valence-corrected chi connectivity index (χ2v) is 11.8. The molecular weight excluding hydrogens is 532 g/mol. The molecule has 0 bridgehead atoms. The highest BCUT2D eigenvalue weighted by atomic mass is 16.6. The molecule has 6 atom stereocenters. The van der Waals surface area contributed by atoms with Crippen molar-refractivity contribution in [2.45, 2.75) is 63.3 Å². The lowest BCUT2D eigenvalue weighted by Gasteiger charge is -2.39. The molecule has 8 heteroatoms. The van der Waals surface area contributed by atoms with Gasteiger partial charge in [-0.3, -0.25) is 14.4 Å². The Morgan fingerprint density at radius 2 is 1.74 bits per heavy atom. The maximum absolute atomic E-state index is 14.8. The molecule has 1 unspecified atom stereocenters. The minimum absolute atomic E-state index is 0.277. The summed E-state index contributed by atoms with van der Waals surface area (Å²) in [4.78, 5) is 46.3. The summed E-state index contributed by atoms with van der Waals surface area (Å²) in [6, 6.07) is 13.7. The van der Waals surface area contributed by atoms with E-state index in [0.717, 1.165) is 41.6 Å². The second kappa shape index (κ2) is 11.5. The standard InChI is InChI=1S/C34H38N2O6/c1-22-12-10-13-23(2)29(22)35-18-11-17-34-28(27-26(42-34)16-8-3-4-9-19-41-33(27)40)31(38)36(30(34)32(35)39)25(21-37)20-24-14-6-5-7-15-24/h5-8,10-17,25-28,30,37H,3-4,9,18-21H2,1-2H3/b16-8-/t25-,26-,27+,28+,30?,34+/m1/s1. The number of hydrogen-bond acceptors (Lipinski definition) is 6. The van der Waals surface area contributed by atoms with Crippen LogP contribution in [-0.4, -0.2) is 71.3 Å². The predicted octanol–water partition coefficient (Wildman–Crippen LogP) is 3.67. The van der Waals surface area contributed by atoms with Crippen LogP contribution in [0.5, 0.6) is 0 Å². The topological polar surface area (TPSA) is 96.4 Å². The first-order chi connectivity index (χ1) is 20.4.